The van der Waals surface area contributed by atoms with Crippen molar-refractivity contribution in [3.63, 3.8) is 0 Å². The number of sulfonamides is 1. The molecule has 5 heteroatoms. The van der Waals surface area contributed by atoms with Gasteiger partial charge in [-0.25, -0.2) is 8.42 Å². The summed E-state index contributed by atoms with van der Waals surface area (Å²) < 4.78 is 22.6. The molecule has 0 aromatic heterocycles. The van der Waals surface area contributed by atoms with Crippen LogP contribution in [0.5, 0.6) is 0 Å². The summed E-state index contributed by atoms with van der Waals surface area (Å²) in [6, 6.07) is 0. The molecule has 1 atom stereocenters. The van der Waals surface area contributed by atoms with Crippen LogP contribution in [0.25, 0.3) is 0 Å². The summed E-state index contributed by atoms with van der Waals surface area (Å²) in [4.78, 5) is 0. The van der Waals surface area contributed by atoms with E-state index < -0.39 is 16.2 Å². The average Bonchev–Trinajstić information content (AvgIpc) is 1.21. The lowest BCUT2D eigenvalue weighted by atomic mass is 10.7. The van der Waals surface area contributed by atoms with E-state index in [1.54, 1.807) is 6.92 Å². The van der Waals surface area contributed by atoms with Crippen molar-refractivity contribution >= 4 is 10.0 Å². The van der Waals surface area contributed by atoms with Crippen LogP contribution in [0.15, 0.2) is 0 Å². The van der Waals surface area contributed by atoms with Gasteiger partial charge in [0.05, 0.1) is 12.4 Å². The summed E-state index contributed by atoms with van der Waals surface area (Å²) in [5.74, 6) is 0. The smallest absolute Gasteiger partial charge is 0.210 e. The number of nitrogens with two attached hydrogens (primary N) is 1. The third-order valence-electron chi connectivity index (χ3n) is 0.400. The highest BCUT2D eigenvalue weighted by Crippen LogP contribution is 1.73. The second kappa shape index (κ2) is 2.43. The van der Waals surface area contributed by atoms with Crippen molar-refractivity contribution in [1.82, 2.24) is 4.72 Å². The molecule has 0 aliphatic carbocycles. The van der Waals surface area contributed by atoms with Crippen LogP contribution in [0.1, 0.15) is 6.92 Å². The molecule has 0 aliphatic rings. The molecule has 0 rings (SSSR count). The highest BCUT2D eigenvalue weighted by atomic mass is 32.2. The zero-order chi connectivity index (χ0) is 6.78. The fourth-order valence-corrected chi connectivity index (χ4v) is 1.01. The average molecular weight is 138 g/mol. The van der Waals surface area contributed by atoms with Crippen molar-refractivity contribution in [2.45, 2.75) is 13.1 Å². The first kappa shape index (κ1) is 7.87. The number of nitrogens with one attached hydrogen (secondary N) is 1. The molecule has 50 valence electrons. The maximum Gasteiger partial charge on any atom is 0.210 e. The lowest BCUT2D eigenvalue weighted by Gasteiger charge is -2.02. The summed E-state index contributed by atoms with van der Waals surface area (Å²) in [6.07, 6.45) is 0.570. The van der Waals surface area contributed by atoms with Gasteiger partial charge in [-0.1, -0.05) is 0 Å². The molecule has 0 aliphatic heterocycles. The van der Waals surface area contributed by atoms with Crippen molar-refractivity contribution in [3.8, 4) is 0 Å². The molecule has 0 bridgehead atoms. The van der Waals surface area contributed by atoms with E-state index in [0.29, 0.717) is 0 Å². The van der Waals surface area contributed by atoms with Crippen LogP contribution in [-0.2, 0) is 10.0 Å². The van der Waals surface area contributed by atoms with Crippen LogP contribution in [0.2, 0.25) is 0 Å². The third-order valence-corrected chi connectivity index (χ3v) is 1.20. The van der Waals surface area contributed by atoms with Gasteiger partial charge in [-0.05, 0) is 6.92 Å². The minimum Gasteiger partial charge on any atom is -0.315 e. The Kier molecular flexibility index (Phi) is 2.39. The van der Waals surface area contributed by atoms with Gasteiger partial charge in [-0.15, -0.1) is 0 Å². The summed E-state index contributed by atoms with van der Waals surface area (Å²) in [5.41, 5.74) is 5.09. The Labute approximate surface area is 49.1 Å². The van der Waals surface area contributed by atoms with Gasteiger partial charge in [0.15, 0.2) is 0 Å². The van der Waals surface area contributed by atoms with Gasteiger partial charge in [0.25, 0.3) is 0 Å². The number of hydrogen-bond donors (Lipinski definition) is 2. The Morgan fingerprint density at radius 2 is 2.00 bits per heavy atom. The normalized spacial score (nSPS) is 15.9. The fourth-order valence-electron chi connectivity index (χ4n) is 0.338. The molecule has 0 aromatic carbocycles. The zero-order valence-electron chi connectivity index (χ0n) is 4.88. The van der Waals surface area contributed by atoms with Gasteiger partial charge >= 0.3 is 0 Å². The lowest BCUT2D eigenvalue weighted by molar-refractivity contribution is 0.571. The largest absolute Gasteiger partial charge is 0.315 e. The van der Waals surface area contributed by atoms with Gasteiger partial charge in [0.2, 0.25) is 10.0 Å². The summed E-state index contributed by atoms with van der Waals surface area (Å²) >= 11 is 0. The monoisotopic (exact) mass is 138 g/mol. The predicted molar refractivity (Wildman–Crippen MR) is 31.6 cm³/mol. The minimum atomic E-state index is -3.10. The highest BCUT2D eigenvalue weighted by molar-refractivity contribution is 7.88. The first-order valence-corrected chi connectivity index (χ1v) is 4.04. The first-order chi connectivity index (χ1) is 3.42. The summed E-state index contributed by atoms with van der Waals surface area (Å²) in [5, 5.41) is 0. The van der Waals surface area contributed by atoms with Crippen molar-refractivity contribution in [2.75, 3.05) is 6.26 Å². The Balaban J connectivity index is 3.75. The highest BCUT2D eigenvalue weighted by Gasteiger charge is 2.00. The van der Waals surface area contributed by atoms with Crippen molar-refractivity contribution in [1.29, 1.82) is 0 Å². The summed E-state index contributed by atoms with van der Waals surface area (Å²) in [7, 11) is -3.10. The minimum absolute atomic E-state index is 0.495. The molecule has 0 fully saturated rings. The Bertz CT molecular complexity index is 149. The zero-order valence-corrected chi connectivity index (χ0v) is 5.70. The second-order valence-corrected chi connectivity index (χ2v) is 3.46. The molecule has 0 amide bonds. The maximum atomic E-state index is 10.3. The molecule has 0 radical (unpaired) electrons. The summed E-state index contributed by atoms with van der Waals surface area (Å²) in [6.45, 7) is 1.56. The first-order valence-electron chi connectivity index (χ1n) is 2.15. The molecule has 0 aromatic rings. The van der Waals surface area contributed by atoms with Crippen LogP contribution in [0.3, 0.4) is 0 Å². The van der Waals surface area contributed by atoms with Crippen molar-refractivity contribution < 1.29 is 8.42 Å². The predicted octanol–water partition coefficient (Wildman–Crippen LogP) is -1.16. The van der Waals surface area contributed by atoms with Crippen LogP contribution in [0.4, 0.5) is 0 Å². The van der Waals surface area contributed by atoms with Crippen molar-refractivity contribution in [2.24, 2.45) is 5.73 Å². The number of hydrogen-bond acceptors (Lipinski definition) is 3. The lowest BCUT2D eigenvalue weighted by Crippen LogP contribution is -2.37. The van der Waals surface area contributed by atoms with Gasteiger partial charge in [0, 0.05) is 0 Å². The van der Waals surface area contributed by atoms with E-state index in [0.717, 1.165) is 6.26 Å². The maximum absolute atomic E-state index is 10.3. The van der Waals surface area contributed by atoms with Gasteiger partial charge in [-0.2, -0.15) is 4.72 Å². The van der Waals surface area contributed by atoms with E-state index >= 15 is 0 Å². The van der Waals surface area contributed by atoms with Crippen LogP contribution >= 0.6 is 0 Å². The molecule has 0 spiro atoms. The van der Waals surface area contributed by atoms with E-state index in [1.165, 1.54) is 0 Å². The van der Waals surface area contributed by atoms with Crippen LogP contribution in [-0.4, -0.2) is 20.8 Å². The van der Waals surface area contributed by atoms with Crippen molar-refractivity contribution in [3.05, 3.63) is 0 Å². The number of rotatable bonds is 2. The SMILES string of the molecule is CC(N)NS(C)(=O)=O. The second-order valence-electron chi connectivity index (χ2n) is 1.68. The molecular weight excluding hydrogens is 128 g/mol. The molecule has 8 heavy (non-hydrogen) atoms. The standard InChI is InChI=1S/C3H10N2O2S/c1-3(4)5-8(2,6)7/h3,5H,4H2,1-2H3. The third kappa shape index (κ3) is 5.87. The molecule has 0 saturated heterocycles. The topological polar surface area (TPSA) is 72.2 Å². The van der Waals surface area contributed by atoms with Gasteiger partial charge in [-0.3, -0.25) is 0 Å². The van der Waals surface area contributed by atoms with E-state index in [2.05, 4.69) is 4.72 Å². The van der Waals surface area contributed by atoms with E-state index in [4.69, 9.17) is 5.73 Å². The Morgan fingerprint density at radius 1 is 1.62 bits per heavy atom. The van der Waals surface area contributed by atoms with Crippen LogP contribution in [0, 0.1) is 0 Å². The van der Waals surface area contributed by atoms with E-state index in [9.17, 15) is 8.42 Å². The quantitative estimate of drug-likeness (QED) is 0.473. The Morgan fingerprint density at radius 3 is 2.00 bits per heavy atom. The van der Waals surface area contributed by atoms with Gasteiger partial charge in [0.1, 0.15) is 0 Å². The molecular formula is C3H10N2O2S. The molecule has 0 saturated carbocycles. The molecule has 0 heterocycles. The van der Waals surface area contributed by atoms with Crippen LogP contribution < -0.4 is 10.5 Å². The van der Waals surface area contributed by atoms with E-state index in [1.807, 2.05) is 0 Å². The fraction of sp³-hybridized carbons (Fsp3) is 1.00. The molecule has 1 unspecified atom stereocenters. The van der Waals surface area contributed by atoms with E-state index in [-0.39, 0.29) is 0 Å². The molecule has 3 N–H and O–H groups in total. The Hall–Kier alpha value is -0.130. The molecule has 4 nitrogen and oxygen atoms in total. The van der Waals surface area contributed by atoms with Gasteiger partial charge < -0.3 is 5.73 Å².